The van der Waals surface area contributed by atoms with Gasteiger partial charge in [0.15, 0.2) is 6.20 Å². The molecule has 64 valence electrons. The topological polar surface area (TPSA) is 19.7 Å². The molecule has 0 aliphatic carbocycles. The average molecular weight is 163 g/mol. The molecule has 2 nitrogen and oxygen atoms in total. The van der Waals surface area contributed by atoms with Gasteiger partial charge in [-0.25, -0.2) is 0 Å². The molecule has 0 atom stereocenters. The van der Waals surface area contributed by atoms with Crippen molar-refractivity contribution in [1.29, 1.82) is 0 Å². The number of H-pyrrole nitrogens is 1. The molecule has 0 aromatic carbocycles. The number of nitrogens with zero attached hydrogens (tertiary/aromatic N) is 1. The van der Waals surface area contributed by atoms with Crippen LogP contribution in [0, 0.1) is 0 Å². The third kappa shape index (κ3) is 1.47. The Kier molecular flexibility index (Phi) is 2.86. The maximum Gasteiger partial charge on any atom is 0.230 e. The van der Waals surface area contributed by atoms with Crippen LogP contribution < -0.4 is 4.57 Å². The Morgan fingerprint density at radius 2 is 2.00 bits per heavy atom. The Balaban J connectivity index is 0.000000336. The number of fused-ring (bicyclic) bond motifs is 1. The van der Waals surface area contributed by atoms with E-state index >= 15 is 0 Å². The highest BCUT2D eigenvalue weighted by Crippen LogP contribution is 2.03. The second-order valence-corrected chi connectivity index (χ2v) is 2.40. The second-order valence-electron chi connectivity index (χ2n) is 2.40. The summed E-state index contributed by atoms with van der Waals surface area (Å²) < 4.78 is 2.09. The van der Waals surface area contributed by atoms with Crippen LogP contribution in [0.15, 0.2) is 30.6 Å². The summed E-state index contributed by atoms with van der Waals surface area (Å²) in [5.74, 6) is 0. The molecule has 0 saturated heterocycles. The first kappa shape index (κ1) is 8.78. The van der Waals surface area contributed by atoms with Gasteiger partial charge in [0.2, 0.25) is 5.52 Å². The molecule has 0 radical (unpaired) electrons. The van der Waals surface area contributed by atoms with E-state index in [0.29, 0.717) is 0 Å². The quantitative estimate of drug-likeness (QED) is 0.573. The van der Waals surface area contributed by atoms with Crippen LogP contribution in [0.5, 0.6) is 0 Å². The molecule has 0 aliphatic heterocycles. The van der Waals surface area contributed by atoms with Crippen LogP contribution >= 0.6 is 0 Å². The van der Waals surface area contributed by atoms with Crippen molar-refractivity contribution in [3.8, 4) is 0 Å². The van der Waals surface area contributed by atoms with E-state index in [1.54, 1.807) is 0 Å². The maximum absolute atomic E-state index is 3.14. The van der Waals surface area contributed by atoms with Crippen LogP contribution in [0.3, 0.4) is 0 Å². The zero-order chi connectivity index (χ0) is 8.97. The van der Waals surface area contributed by atoms with Gasteiger partial charge < -0.3 is 4.98 Å². The number of pyridine rings is 1. The molecule has 0 unspecified atom stereocenters. The number of rotatable bonds is 0. The zero-order valence-corrected chi connectivity index (χ0v) is 7.83. The summed E-state index contributed by atoms with van der Waals surface area (Å²) in [7, 11) is 2.04. The summed E-state index contributed by atoms with van der Waals surface area (Å²) in [6, 6.07) is 6.16. The Morgan fingerprint density at radius 1 is 1.25 bits per heavy atom. The van der Waals surface area contributed by atoms with Gasteiger partial charge in [-0.05, 0) is 6.07 Å². The number of hydrogen-bond acceptors (Lipinski definition) is 0. The lowest BCUT2D eigenvalue weighted by atomic mass is 10.4. The normalized spacial score (nSPS) is 9.25. The van der Waals surface area contributed by atoms with E-state index in [4.69, 9.17) is 0 Å². The van der Waals surface area contributed by atoms with Crippen molar-refractivity contribution in [2.24, 2.45) is 7.05 Å². The largest absolute Gasteiger partial charge is 0.356 e. The zero-order valence-electron chi connectivity index (χ0n) is 7.83. The Hall–Kier alpha value is -1.31. The van der Waals surface area contributed by atoms with Crippen LogP contribution in [-0.4, -0.2) is 4.98 Å². The Labute approximate surface area is 72.9 Å². The summed E-state index contributed by atoms with van der Waals surface area (Å²) in [6.45, 7) is 4.00. The lowest BCUT2D eigenvalue weighted by Gasteiger charge is -1.86. The van der Waals surface area contributed by atoms with Gasteiger partial charge in [0, 0.05) is 18.3 Å². The lowest BCUT2D eigenvalue weighted by molar-refractivity contribution is -0.644. The van der Waals surface area contributed by atoms with Gasteiger partial charge in [-0.1, -0.05) is 13.8 Å². The first-order chi connectivity index (χ1) is 5.88. The molecule has 0 amide bonds. The van der Waals surface area contributed by atoms with Crippen LogP contribution in [0.4, 0.5) is 0 Å². The molecule has 0 spiro atoms. The SMILES string of the molecule is CC.C[n+]1cccc2[nH]ccc21. The van der Waals surface area contributed by atoms with E-state index < -0.39 is 0 Å². The number of aryl methyl sites for hydroxylation is 1. The molecular weight excluding hydrogens is 148 g/mol. The van der Waals surface area contributed by atoms with E-state index in [2.05, 4.69) is 21.7 Å². The standard InChI is InChI=1S/C8H8N2.C2H6/c1-10-6-2-3-7-8(10)4-5-9-7;1-2/h2-6H,1H3;1-2H3/p+1. The number of aromatic amines is 1. The predicted octanol–water partition coefficient (Wildman–Crippen LogP) is 2.02. The lowest BCUT2D eigenvalue weighted by Crippen LogP contribution is -2.27. The highest BCUT2D eigenvalue weighted by Gasteiger charge is 2.01. The van der Waals surface area contributed by atoms with Crippen molar-refractivity contribution >= 4 is 11.0 Å². The first-order valence-corrected chi connectivity index (χ1v) is 4.30. The molecule has 2 heterocycles. The van der Waals surface area contributed by atoms with Crippen molar-refractivity contribution in [2.45, 2.75) is 13.8 Å². The number of nitrogens with one attached hydrogen (secondary N) is 1. The molecule has 0 saturated carbocycles. The minimum atomic E-state index is 1.19. The van der Waals surface area contributed by atoms with Crippen molar-refractivity contribution in [3.05, 3.63) is 30.6 Å². The summed E-state index contributed by atoms with van der Waals surface area (Å²) >= 11 is 0. The number of hydrogen-bond donors (Lipinski definition) is 1. The van der Waals surface area contributed by atoms with Crippen LogP contribution in [0.25, 0.3) is 11.0 Å². The van der Waals surface area contributed by atoms with Crippen LogP contribution in [0.1, 0.15) is 13.8 Å². The van der Waals surface area contributed by atoms with E-state index in [-0.39, 0.29) is 0 Å². The Morgan fingerprint density at radius 3 is 2.67 bits per heavy atom. The molecule has 0 fully saturated rings. The fraction of sp³-hybridized carbons (Fsp3) is 0.300. The van der Waals surface area contributed by atoms with Gasteiger partial charge in [-0.2, -0.15) is 4.57 Å². The monoisotopic (exact) mass is 163 g/mol. The Bertz CT molecular complexity index is 349. The van der Waals surface area contributed by atoms with Gasteiger partial charge in [0.1, 0.15) is 12.6 Å². The molecule has 2 heteroatoms. The molecule has 1 N–H and O–H groups in total. The maximum atomic E-state index is 3.14. The van der Waals surface area contributed by atoms with Gasteiger partial charge in [0.25, 0.3) is 0 Å². The molecule has 2 rings (SSSR count). The molecule has 0 aliphatic rings. The molecule has 2 aromatic rings. The summed E-state index contributed by atoms with van der Waals surface area (Å²) in [5.41, 5.74) is 2.42. The van der Waals surface area contributed by atoms with Crippen molar-refractivity contribution in [1.82, 2.24) is 4.98 Å². The molecule has 2 aromatic heterocycles. The fourth-order valence-electron chi connectivity index (χ4n) is 1.16. The van der Waals surface area contributed by atoms with Gasteiger partial charge in [0.05, 0.1) is 0 Å². The van der Waals surface area contributed by atoms with Crippen molar-refractivity contribution in [3.63, 3.8) is 0 Å². The minimum absolute atomic E-state index is 1.19. The van der Waals surface area contributed by atoms with Gasteiger partial charge in [-0.3, -0.25) is 0 Å². The predicted molar refractivity (Wildman–Crippen MR) is 50.8 cm³/mol. The summed E-state index contributed by atoms with van der Waals surface area (Å²) in [6.07, 6.45) is 3.99. The van der Waals surface area contributed by atoms with E-state index in [0.717, 1.165) is 0 Å². The minimum Gasteiger partial charge on any atom is -0.356 e. The van der Waals surface area contributed by atoms with E-state index in [1.165, 1.54) is 11.0 Å². The van der Waals surface area contributed by atoms with E-state index in [1.807, 2.05) is 39.4 Å². The van der Waals surface area contributed by atoms with Gasteiger partial charge >= 0.3 is 0 Å². The van der Waals surface area contributed by atoms with Crippen LogP contribution in [0.2, 0.25) is 0 Å². The highest BCUT2D eigenvalue weighted by atomic mass is 14.9. The first-order valence-electron chi connectivity index (χ1n) is 4.30. The van der Waals surface area contributed by atoms with E-state index in [9.17, 15) is 0 Å². The third-order valence-electron chi connectivity index (χ3n) is 1.71. The fourth-order valence-corrected chi connectivity index (χ4v) is 1.16. The summed E-state index contributed by atoms with van der Waals surface area (Å²) in [5, 5.41) is 0. The average Bonchev–Trinajstić information content (AvgIpc) is 2.57. The third-order valence-corrected chi connectivity index (χ3v) is 1.71. The number of aromatic nitrogens is 2. The molecular formula is C10H15N2+. The molecule has 0 bridgehead atoms. The van der Waals surface area contributed by atoms with Crippen molar-refractivity contribution in [2.75, 3.05) is 0 Å². The van der Waals surface area contributed by atoms with Crippen molar-refractivity contribution < 1.29 is 4.57 Å². The molecule has 12 heavy (non-hydrogen) atoms. The highest BCUT2D eigenvalue weighted by molar-refractivity contribution is 5.70. The second kappa shape index (κ2) is 3.90. The van der Waals surface area contributed by atoms with Gasteiger partial charge in [-0.15, -0.1) is 0 Å². The van der Waals surface area contributed by atoms with Crippen LogP contribution in [-0.2, 0) is 7.05 Å². The smallest absolute Gasteiger partial charge is 0.230 e. The summed E-state index contributed by atoms with van der Waals surface area (Å²) in [4.78, 5) is 3.14.